The van der Waals surface area contributed by atoms with Gasteiger partial charge in [0.25, 0.3) is 0 Å². The lowest BCUT2D eigenvalue weighted by Crippen LogP contribution is -2.43. The van der Waals surface area contributed by atoms with E-state index in [0.29, 0.717) is 12.0 Å². The maximum atomic E-state index is 5.51. The summed E-state index contributed by atoms with van der Waals surface area (Å²) in [5, 5.41) is 3.47. The fraction of sp³-hybridized carbons (Fsp3) is 0.947. The van der Waals surface area contributed by atoms with E-state index >= 15 is 0 Å². The third-order valence-electron chi connectivity index (χ3n) is 5.10. The average Bonchev–Trinajstić information content (AvgIpc) is 3.22. The Kier molecular flexibility index (Phi) is 11.3. The first-order valence-electron chi connectivity index (χ1n) is 9.91. The summed E-state index contributed by atoms with van der Waals surface area (Å²) >= 11 is 0. The van der Waals surface area contributed by atoms with Crippen molar-refractivity contribution in [2.24, 2.45) is 16.8 Å². The molecule has 2 atom stereocenters. The van der Waals surface area contributed by atoms with Crippen LogP contribution in [0.4, 0.5) is 0 Å². The molecule has 6 heteroatoms. The third-order valence-corrected chi connectivity index (χ3v) is 5.10. The minimum Gasteiger partial charge on any atom is -0.381 e. The van der Waals surface area contributed by atoms with E-state index in [4.69, 9.17) is 9.73 Å². The number of guanidine groups is 1. The Labute approximate surface area is 172 Å². The molecule has 5 nitrogen and oxygen atoms in total. The molecule has 2 saturated heterocycles. The number of halogens is 1. The Morgan fingerprint density at radius 2 is 2.04 bits per heavy atom. The van der Waals surface area contributed by atoms with Crippen molar-refractivity contribution in [3.8, 4) is 0 Å². The maximum absolute atomic E-state index is 5.51. The van der Waals surface area contributed by atoms with E-state index in [2.05, 4.69) is 42.9 Å². The second-order valence-electron chi connectivity index (χ2n) is 7.83. The molecule has 2 unspecified atom stereocenters. The van der Waals surface area contributed by atoms with Gasteiger partial charge in [0.15, 0.2) is 5.96 Å². The van der Waals surface area contributed by atoms with E-state index in [9.17, 15) is 0 Å². The summed E-state index contributed by atoms with van der Waals surface area (Å²) < 4.78 is 5.51. The van der Waals surface area contributed by atoms with Crippen molar-refractivity contribution < 1.29 is 4.74 Å². The highest BCUT2D eigenvalue weighted by Crippen LogP contribution is 2.18. The highest BCUT2D eigenvalue weighted by molar-refractivity contribution is 14.0. The quantitative estimate of drug-likeness (QED) is 0.339. The van der Waals surface area contributed by atoms with Gasteiger partial charge in [0.05, 0.1) is 13.2 Å². The van der Waals surface area contributed by atoms with Crippen LogP contribution in [0.25, 0.3) is 0 Å². The number of rotatable bonds is 8. The van der Waals surface area contributed by atoms with Gasteiger partial charge >= 0.3 is 0 Å². The zero-order valence-electron chi connectivity index (χ0n) is 16.7. The van der Waals surface area contributed by atoms with Crippen LogP contribution in [0.3, 0.4) is 0 Å². The number of nitrogens with zero attached hydrogens (tertiary/aromatic N) is 3. The number of ether oxygens (including phenoxy) is 1. The van der Waals surface area contributed by atoms with E-state index in [1.165, 1.54) is 38.8 Å². The first-order valence-corrected chi connectivity index (χ1v) is 9.91. The van der Waals surface area contributed by atoms with Crippen molar-refractivity contribution >= 4 is 29.9 Å². The Balaban J connectivity index is 0.00000312. The monoisotopic (exact) mass is 466 g/mol. The first kappa shape index (κ1) is 23.0. The molecule has 0 radical (unpaired) electrons. The number of hydrogen-bond donors (Lipinski definition) is 1. The molecule has 25 heavy (non-hydrogen) atoms. The number of likely N-dealkylation sites (tertiary alicyclic amines) is 1. The second-order valence-corrected chi connectivity index (χ2v) is 7.83. The lowest BCUT2D eigenvalue weighted by molar-refractivity contribution is 0.181. The molecule has 2 aliphatic rings. The van der Waals surface area contributed by atoms with E-state index in [1.54, 1.807) is 0 Å². The molecule has 0 spiro atoms. The predicted molar refractivity (Wildman–Crippen MR) is 117 cm³/mol. The van der Waals surface area contributed by atoms with E-state index in [1.807, 2.05) is 0 Å². The minimum atomic E-state index is 0. The lowest BCUT2D eigenvalue weighted by atomic mass is 10.0. The summed E-state index contributed by atoms with van der Waals surface area (Å²) in [5.74, 6) is 2.42. The Morgan fingerprint density at radius 3 is 2.60 bits per heavy atom. The number of aliphatic imine (C=N–C) groups is 1. The van der Waals surface area contributed by atoms with Crippen LogP contribution in [0.15, 0.2) is 4.99 Å². The first-order chi connectivity index (χ1) is 11.6. The van der Waals surface area contributed by atoms with E-state index < -0.39 is 0 Å². The minimum absolute atomic E-state index is 0. The van der Waals surface area contributed by atoms with Crippen LogP contribution in [-0.4, -0.2) is 74.8 Å². The van der Waals surface area contributed by atoms with Crippen LogP contribution < -0.4 is 5.32 Å². The number of hydrogen-bond acceptors (Lipinski definition) is 3. The Morgan fingerprint density at radius 1 is 1.32 bits per heavy atom. The fourth-order valence-electron chi connectivity index (χ4n) is 3.85. The van der Waals surface area contributed by atoms with Crippen LogP contribution >= 0.6 is 24.0 Å². The molecule has 0 aromatic heterocycles. The normalized spacial score (nSPS) is 22.9. The number of nitrogens with one attached hydrogen (secondary N) is 1. The van der Waals surface area contributed by atoms with E-state index in [-0.39, 0.29) is 24.0 Å². The Hall–Kier alpha value is -0.0800. The van der Waals surface area contributed by atoms with Crippen LogP contribution in [0, 0.1) is 11.8 Å². The van der Waals surface area contributed by atoms with Gasteiger partial charge in [-0.1, -0.05) is 13.8 Å². The SMILES string of the molecule is CCNC(=NCC(CC(C)C)N1CCCC1)N(C)CC1CCOC1.I. The van der Waals surface area contributed by atoms with Gasteiger partial charge in [-0.15, -0.1) is 24.0 Å². The zero-order valence-corrected chi connectivity index (χ0v) is 19.0. The molecule has 0 aromatic carbocycles. The van der Waals surface area contributed by atoms with Crippen molar-refractivity contribution in [2.45, 2.75) is 52.5 Å². The molecule has 1 N–H and O–H groups in total. The van der Waals surface area contributed by atoms with Gasteiger partial charge in [-0.2, -0.15) is 0 Å². The van der Waals surface area contributed by atoms with E-state index in [0.717, 1.165) is 44.7 Å². The van der Waals surface area contributed by atoms with Crippen molar-refractivity contribution in [2.75, 3.05) is 53.0 Å². The molecule has 2 rings (SSSR count). The summed E-state index contributed by atoms with van der Waals surface area (Å²) in [7, 11) is 2.16. The summed E-state index contributed by atoms with van der Waals surface area (Å²) in [6, 6.07) is 0.587. The van der Waals surface area contributed by atoms with Gasteiger partial charge in [0.1, 0.15) is 0 Å². The third kappa shape index (κ3) is 7.99. The molecule has 0 amide bonds. The molecule has 2 heterocycles. The standard InChI is InChI=1S/C19H38N4O.HI/c1-5-20-19(22(4)14-17-8-11-24-15-17)21-13-18(12-16(2)3)23-9-6-7-10-23;/h16-18H,5-15H2,1-4H3,(H,20,21);1H. The van der Waals surface area contributed by atoms with Gasteiger partial charge in [-0.05, 0) is 51.6 Å². The second kappa shape index (κ2) is 12.3. The highest BCUT2D eigenvalue weighted by atomic mass is 127. The smallest absolute Gasteiger partial charge is 0.193 e. The van der Waals surface area contributed by atoms with Gasteiger partial charge in [0, 0.05) is 38.7 Å². The molecule has 0 aromatic rings. The zero-order chi connectivity index (χ0) is 17.4. The molecular weight excluding hydrogens is 427 g/mol. The predicted octanol–water partition coefficient (Wildman–Crippen LogP) is 3.05. The molecule has 0 bridgehead atoms. The molecule has 0 aliphatic carbocycles. The fourth-order valence-corrected chi connectivity index (χ4v) is 3.85. The van der Waals surface area contributed by atoms with Crippen LogP contribution in [-0.2, 0) is 4.74 Å². The van der Waals surface area contributed by atoms with Crippen LogP contribution in [0.1, 0.15) is 46.5 Å². The van der Waals surface area contributed by atoms with Gasteiger partial charge in [0.2, 0.25) is 0 Å². The van der Waals surface area contributed by atoms with Crippen molar-refractivity contribution in [3.63, 3.8) is 0 Å². The summed E-state index contributed by atoms with van der Waals surface area (Å²) in [5.41, 5.74) is 0. The maximum Gasteiger partial charge on any atom is 0.193 e. The largest absolute Gasteiger partial charge is 0.381 e. The summed E-state index contributed by atoms with van der Waals surface area (Å²) in [6.45, 7) is 14.0. The van der Waals surface area contributed by atoms with Gasteiger partial charge < -0.3 is 15.0 Å². The summed E-state index contributed by atoms with van der Waals surface area (Å²) in [6.07, 6.45) is 5.11. The van der Waals surface area contributed by atoms with Crippen molar-refractivity contribution in [1.82, 2.24) is 15.1 Å². The molecule has 2 fully saturated rings. The Bertz CT molecular complexity index is 380. The van der Waals surface area contributed by atoms with Crippen molar-refractivity contribution in [1.29, 1.82) is 0 Å². The molecule has 2 aliphatic heterocycles. The molecule has 148 valence electrons. The average molecular weight is 466 g/mol. The van der Waals surface area contributed by atoms with Gasteiger partial charge in [-0.25, -0.2) is 0 Å². The van der Waals surface area contributed by atoms with Gasteiger partial charge in [-0.3, -0.25) is 9.89 Å². The van der Waals surface area contributed by atoms with Crippen molar-refractivity contribution in [3.05, 3.63) is 0 Å². The highest BCUT2D eigenvalue weighted by Gasteiger charge is 2.23. The molecular formula is C19H39IN4O. The lowest BCUT2D eigenvalue weighted by Gasteiger charge is -2.29. The molecule has 0 saturated carbocycles. The van der Waals surface area contributed by atoms with Crippen LogP contribution in [0.2, 0.25) is 0 Å². The topological polar surface area (TPSA) is 40.1 Å². The van der Waals surface area contributed by atoms with Crippen LogP contribution in [0.5, 0.6) is 0 Å². The summed E-state index contributed by atoms with van der Waals surface area (Å²) in [4.78, 5) is 9.94.